The maximum absolute atomic E-state index is 12.2. The largest absolute Gasteiger partial charge is 0.350 e. The molecule has 1 saturated heterocycles. The summed E-state index contributed by atoms with van der Waals surface area (Å²) in [5.41, 5.74) is 0.630. The molecule has 0 saturated carbocycles. The minimum absolute atomic E-state index is 0.117. The molecule has 1 aliphatic rings. The molecule has 0 unspecified atom stereocenters. The molecule has 0 bridgehead atoms. The van der Waals surface area contributed by atoms with Crippen LogP contribution in [0.4, 0.5) is 0 Å². The molecule has 7 nitrogen and oxygen atoms in total. The number of carbonyl (C=O) groups is 1. The van der Waals surface area contributed by atoms with Crippen molar-refractivity contribution in [2.75, 3.05) is 25.9 Å². The van der Waals surface area contributed by atoms with E-state index >= 15 is 0 Å². The molecule has 2 N–H and O–H groups in total. The van der Waals surface area contributed by atoms with Crippen LogP contribution in [0, 0.1) is 5.92 Å². The molecule has 0 aromatic carbocycles. The standard InChI is InChI=1S/C13H16N4O3S/c1-21(19,20)13-16-11(10-4-2-3-5-17(10)13)12(18)15-8-9-6-14-7-9/h2-5,9,14H,6-8H2,1H3,(H,15,18). The van der Waals surface area contributed by atoms with Crippen LogP contribution >= 0.6 is 0 Å². The van der Waals surface area contributed by atoms with Gasteiger partial charge in [-0.1, -0.05) is 6.07 Å². The molecule has 112 valence electrons. The maximum Gasteiger partial charge on any atom is 0.272 e. The van der Waals surface area contributed by atoms with Crippen molar-refractivity contribution in [3.63, 3.8) is 0 Å². The molecular weight excluding hydrogens is 292 g/mol. The van der Waals surface area contributed by atoms with Gasteiger partial charge in [-0.15, -0.1) is 0 Å². The number of nitrogens with zero attached hydrogens (tertiary/aromatic N) is 2. The lowest BCUT2D eigenvalue weighted by Gasteiger charge is -2.26. The van der Waals surface area contributed by atoms with Gasteiger partial charge in [-0.25, -0.2) is 13.4 Å². The Hall–Kier alpha value is -1.93. The van der Waals surface area contributed by atoms with E-state index in [1.54, 1.807) is 24.4 Å². The molecule has 21 heavy (non-hydrogen) atoms. The zero-order valence-corrected chi connectivity index (χ0v) is 12.4. The monoisotopic (exact) mass is 308 g/mol. The number of imidazole rings is 1. The van der Waals surface area contributed by atoms with Crippen molar-refractivity contribution in [2.45, 2.75) is 5.16 Å². The van der Waals surface area contributed by atoms with E-state index in [0.717, 1.165) is 19.3 Å². The van der Waals surface area contributed by atoms with E-state index in [1.807, 2.05) is 0 Å². The van der Waals surface area contributed by atoms with E-state index in [4.69, 9.17) is 0 Å². The van der Waals surface area contributed by atoms with Crippen molar-refractivity contribution < 1.29 is 13.2 Å². The Morgan fingerprint density at radius 1 is 1.48 bits per heavy atom. The number of amides is 1. The fourth-order valence-electron chi connectivity index (χ4n) is 2.25. The minimum atomic E-state index is -3.51. The van der Waals surface area contributed by atoms with Crippen LogP contribution in [0.2, 0.25) is 0 Å². The summed E-state index contributed by atoms with van der Waals surface area (Å²) >= 11 is 0. The van der Waals surface area contributed by atoms with Crippen LogP contribution in [0.1, 0.15) is 10.5 Å². The molecule has 2 aromatic rings. The van der Waals surface area contributed by atoms with Gasteiger partial charge in [0.25, 0.3) is 5.91 Å². The molecule has 0 aliphatic carbocycles. The van der Waals surface area contributed by atoms with Crippen LogP contribution < -0.4 is 10.6 Å². The third kappa shape index (κ3) is 2.64. The Balaban J connectivity index is 1.96. The summed E-state index contributed by atoms with van der Waals surface area (Å²) in [6.07, 6.45) is 2.67. The molecule has 0 radical (unpaired) electrons. The third-order valence-electron chi connectivity index (χ3n) is 3.48. The fourth-order valence-corrected chi connectivity index (χ4v) is 3.03. The van der Waals surface area contributed by atoms with Gasteiger partial charge < -0.3 is 10.6 Å². The molecular formula is C13H16N4O3S. The molecule has 1 amide bonds. The van der Waals surface area contributed by atoms with Crippen LogP contribution in [-0.2, 0) is 9.84 Å². The van der Waals surface area contributed by atoms with E-state index in [2.05, 4.69) is 15.6 Å². The number of hydrogen-bond acceptors (Lipinski definition) is 5. The molecule has 1 aliphatic heterocycles. The molecule has 0 spiro atoms. The Labute approximate surface area is 122 Å². The summed E-state index contributed by atoms with van der Waals surface area (Å²) in [5, 5.41) is 5.82. The average molecular weight is 308 g/mol. The van der Waals surface area contributed by atoms with Gasteiger partial charge in [-0.2, -0.15) is 0 Å². The smallest absolute Gasteiger partial charge is 0.272 e. The fraction of sp³-hybridized carbons (Fsp3) is 0.385. The SMILES string of the molecule is CS(=O)(=O)c1nc(C(=O)NCC2CNC2)c2ccccn12. The predicted octanol–water partition coefficient (Wildman–Crippen LogP) is -0.313. The van der Waals surface area contributed by atoms with Crippen LogP contribution in [0.15, 0.2) is 29.6 Å². The summed E-state index contributed by atoms with van der Waals surface area (Å²) in [6.45, 7) is 2.34. The number of pyridine rings is 1. The van der Waals surface area contributed by atoms with Gasteiger partial charge in [0.15, 0.2) is 5.69 Å². The van der Waals surface area contributed by atoms with Crippen molar-refractivity contribution in [3.05, 3.63) is 30.1 Å². The lowest BCUT2D eigenvalue weighted by Crippen LogP contribution is -2.48. The number of hydrogen-bond donors (Lipinski definition) is 2. The molecule has 0 atom stereocenters. The first-order valence-electron chi connectivity index (χ1n) is 6.63. The quantitative estimate of drug-likeness (QED) is 0.808. The van der Waals surface area contributed by atoms with Crippen molar-refractivity contribution in [1.29, 1.82) is 0 Å². The highest BCUT2D eigenvalue weighted by Gasteiger charge is 2.24. The van der Waals surface area contributed by atoms with Crippen LogP contribution in [-0.4, -0.2) is 49.6 Å². The van der Waals surface area contributed by atoms with Gasteiger partial charge in [-0.3, -0.25) is 9.20 Å². The van der Waals surface area contributed by atoms with Gasteiger partial charge in [0.05, 0.1) is 5.52 Å². The Morgan fingerprint density at radius 2 is 2.24 bits per heavy atom. The number of rotatable bonds is 4. The minimum Gasteiger partial charge on any atom is -0.350 e. The molecule has 2 aromatic heterocycles. The molecule has 3 rings (SSSR count). The summed E-state index contributed by atoms with van der Waals surface area (Å²) in [5.74, 6) is 0.0812. The van der Waals surface area contributed by atoms with E-state index in [-0.39, 0.29) is 16.8 Å². The van der Waals surface area contributed by atoms with E-state index in [9.17, 15) is 13.2 Å². The number of sulfone groups is 1. The average Bonchev–Trinajstić information content (AvgIpc) is 2.76. The first-order chi connectivity index (χ1) is 9.97. The lowest BCUT2D eigenvalue weighted by molar-refractivity contribution is 0.0939. The zero-order chi connectivity index (χ0) is 15.0. The van der Waals surface area contributed by atoms with Crippen LogP contribution in [0.3, 0.4) is 0 Å². The van der Waals surface area contributed by atoms with E-state index in [1.165, 1.54) is 4.40 Å². The first-order valence-corrected chi connectivity index (χ1v) is 8.52. The Bertz CT molecular complexity index is 793. The van der Waals surface area contributed by atoms with Crippen molar-refractivity contribution in [1.82, 2.24) is 20.0 Å². The summed E-state index contributed by atoms with van der Waals surface area (Å²) < 4.78 is 25.0. The second-order valence-corrected chi connectivity index (χ2v) is 7.11. The third-order valence-corrected chi connectivity index (χ3v) is 4.43. The van der Waals surface area contributed by atoms with Gasteiger partial charge in [0, 0.05) is 38.0 Å². The van der Waals surface area contributed by atoms with Gasteiger partial charge in [-0.05, 0) is 12.1 Å². The molecule has 1 fully saturated rings. The summed E-state index contributed by atoms with van der Waals surface area (Å²) in [6, 6.07) is 5.13. The summed E-state index contributed by atoms with van der Waals surface area (Å²) in [4.78, 5) is 16.3. The molecule has 8 heteroatoms. The van der Waals surface area contributed by atoms with Crippen molar-refractivity contribution in [2.24, 2.45) is 5.92 Å². The zero-order valence-electron chi connectivity index (χ0n) is 11.5. The highest BCUT2D eigenvalue weighted by atomic mass is 32.2. The second kappa shape index (κ2) is 5.12. The second-order valence-electron chi connectivity index (χ2n) is 5.21. The van der Waals surface area contributed by atoms with Crippen LogP contribution in [0.5, 0.6) is 0 Å². The van der Waals surface area contributed by atoms with Crippen molar-refractivity contribution in [3.8, 4) is 0 Å². The maximum atomic E-state index is 12.2. The first kappa shape index (κ1) is 14.0. The van der Waals surface area contributed by atoms with Crippen molar-refractivity contribution >= 4 is 21.3 Å². The number of carbonyl (C=O) groups excluding carboxylic acids is 1. The van der Waals surface area contributed by atoms with Gasteiger partial charge in [0.2, 0.25) is 15.0 Å². The highest BCUT2D eigenvalue weighted by Crippen LogP contribution is 2.17. The van der Waals surface area contributed by atoms with E-state index < -0.39 is 9.84 Å². The number of aromatic nitrogens is 2. The number of nitrogens with one attached hydrogen (secondary N) is 2. The normalized spacial score (nSPS) is 15.9. The Morgan fingerprint density at radius 3 is 2.86 bits per heavy atom. The predicted molar refractivity (Wildman–Crippen MR) is 77.0 cm³/mol. The number of fused-ring (bicyclic) bond motifs is 1. The van der Waals surface area contributed by atoms with Crippen LogP contribution in [0.25, 0.3) is 5.52 Å². The Kier molecular flexibility index (Phi) is 3.42. The molecule has 3 heterocycles. The highest BCUT2D eigenvalue weighted by molar-refractivity contribution is 7.90. The van der Waals surface area contributed by atoms with Gasteiger partial charge >= 0.3 is 0 Å². The van der Waals surface area contributed by atoms with Gasteiger partial charge in [0.1, 0.15) is 0 Å². The topological polar surface area (TPSA) is 92.6 Å². The lowest BCUT2D eigenvalue weighted by atomic mass is 10.0. The summed E-state index contributed by atoms with van der Waals surface area (Å²) in [7, 11) is -3.51. The van der Waals surface area contributed by atoms with E-state index in [0.29, 0.717) is 18.0 Å².